The third kappa shape index (κ3) is 3.17. The molecule has 0 aliphatic heterocycles. The van der Waals surface area contributed by atoms with Crippen LogP contribution in [0.3, 0.4) is 0 Å². The van der Waals surface area contributed by atoms with Crippen molar-refractivity contribution in [3.05, 3.63) is 41.5 Å². The SMILES string of the molecule is CCc1cc(C(N)c2cncc(OC(C)C)c2)n(C)n1. The maximum atomic E-state index is 6.33. The summed E-state index contributed by atoms with van der Waals surface area (Å²) < 4.78 is 7.49. The Hall–Kier alpha value is -1.88. The number of aryl methyl sites for hydroxylation is 2. The molecule has 2 aromatic heterocycles. The molecular weight excluding hydrogens is 252 g/mol. The molecule has 0 amide bonds. The van der Waals surface area contributed by atoms with Gasteiger partial charge in [0.15, 0.2) is 0 Å². The van der Waals surface area contributed by atoms with Gasteiger partial charge in [0.05, 0.1) is 29.7 Å². The number of rotatable bonds is 5. The van der Waals surface area contributed by atoms with Crippen molar-refractivity contribution in [2.75, 3.05) is 0 Å². The van der Waals surface area contributed by atoms with E-state index in [1.807, 2.05) is 37.7 Å². The highest BCUT2D eigenvalue weighted by molar-refractivity contribution is 5.31. The lowest BCUT2D eigenvalue weighted by Crippen LogP contribution is -2.16. The highest BCUT2D eigenvalue weighted by Crippen LogP contribution is 2.23. The summed E-state index contributed by atoms with van der Waals surface area (Å²) in [5.74, 6) is 0.742. The molecule has 0 saturated carbocycles. The van der Waals surface area contributed by atoms with E-state index in [2.05, 4.69) is 17.0 Å². The molecule has 0 radical (unpaired) electrons. The molecule has 2 aromatic rings. The molecule has 2 N–H and O–H groups in total. The second kappa shape index (κ2) is 6.05. The summed E-state index contributed by atoms with van der Waals surface area (Å²) >= 11 is 0. The standard InChI is InChI=1S/C15H22N4O/c1-5-12-7-14(19(4)18-12)15(16)11-6-13(9-17-8-11)20-10(2)3/h6-10,15H,5,16H2,1-4H3. The largest absolute Gasteiger partial charge is 0.489 e. The van der Waals surface area contributed by atoms with Crippen molar-refractivity contribution >= 4 is 0 Å². The number of ether oxygens (including phenoxy) is 1. The molecule has 5 nitrogen and oxygen atoms in total. The fourth-order valence-corrected chi connectivity index (χ4v) is 2.12. The van der Waals surface area contributed by atoms with Crippen molar-refractivity contribution in [2.24, 2.45) is 12.8 Å². The smallest absolute Gasteiger partial charge is 0.138 e. The quantitative estimate of drug-likeness (QED) is 0.908. The highest BCUT2D eigenvalue weighted by Gasteiger charge is 2.15. The van der Waals surface area contributed by atoms with Crippen molar-refractivity contribution in [3.8, 4) is 5.75 Å². The molecule has 0 saturated heterocycles. The molecule has 0 fully saturated rings. The lowest BCUT2D eigenvalue weighted by atomic mass is 10.1. The van der Waals surface area contributed by atoms with Crippen molar-refractivity contribution in [1.29, 1.82) is 0 Å². The summed E-state index contributed by atoms with van der Waals surface area (Å²) in [6.45, 7) is 6.05. The monoisotopic (exact) mass is 274 g/mol. The molecule has 1 atom stereocenters. The van der Waals surface area contributed by atoms with Crippen LogP contribution in [-0.2, 0) is 13.5 Å². The van der Waals surface area contributed by atoms with Crippen LogP contribution < -0.4 is 10.5 Å². The van der Waals surface area contributed by atoms with Crippen molar-refractivity contribution in [1.82, 2.24) is 14.8 Å². The minimum Gasteiger partial charge on any atom is -0.489 e. The average molecular weight is 274 g/mol. The molecule has 1 unspecified atom stereocenters. The Kier molecular flexibility index (Phi) is 4.39. The van der Waals surface area contributed by atoms with E-state index in [1.54, 1.807) is 12.4 Å². The molecular formula is C15H22N4O. The fourth-order valence-electron chi connectivity index (χ4n) is 2.12. The van der Waals surface area contributed by atoms with Gasteiger partial charge in [0.1, 0.15) is 5.75 Å². The van der Waals surface area contributed by atoms with Gasteiger partial charge in [-0.2, -0.15) is 5.10 Å². The summed E-state index contributed by atoms with van der Waals surface area (Å²) in [6.07, 6.45) is 4.49. The molecule has 5 heteroatoms. The Morgan fingerprint density at radius 2 is 2.05 bits per heavy atom. The summed E-state index contributed by atoms with van der Waals surface area (Å²) in [7, 11) is 1.91. The van der Waals surface area contributed by atoms with E-state index in [9.17, 15) is 0 Å². The normalized spacial score (nSPS) is 12.7. The highest BCUT2D eigenvalue weighted by atomic mass is 16.5. The van der Waals surface area contributed by atoms with E-state index in [1.165, 1.54) is 0 Å². The zero-order valence-electron chi connectivity index (χ0n) is 12.5. The van der Waals surface area contributed by atoms with Crippen LogP contribution in [0.25, 0.3) is 0 Å². The van der Waals surface area contributed by atoms with Crippen LogP contribution in [0.2, 0.25) is 0 Å². The molecule has 20 heavy (non-hydrogen) atoms. The number of pyridine rings is 1. The first kappa shape index (κ1) is 14.5. The zero-order chi connectivity index (χ0) is 14.7. The Bertz CT molecular complexity index is 577. The Balaban J connectivity index is 2.27. The third-order valence-electron chi connectivity index (χ3n) is 3.11. The maximum Gasteiger partial charge on any atom is 0.138 e. The van der Waals surface area contributed by atoms with E-state index in [4.69, 9.17) is 10.5 Å². The molecule has 108 valence electrons. The van der Waals surface area contributed by atoms with Crippen molar-refractivity contribution in [3.63, 3.8) is 0 Å². The van der Waals surface area contributed by atoms with E-state index in [0.717, 1.165) is 29.1 Å². The molecule has 0 spiro atoms. The second-order valence-electron chi connectivity index (χ2n) is 5.14. The van der Waals surface area contributed by atoms with Gasteiger partial charge in [-0.3, -0.25) is 9.67 Å². The van der Waals surface area contributed by atoms with Gasteiger partial charge in [-0.05, 0) is 38.0 Å². The Morgan fingerprint density at radius 3 is 2.65 bits per heavy atom. The number of hydrogen-bond acceptors (Lipinski definition) is 4. The van der Waals surface area contributed by atoms with Gasteiger partial charge in [0.25, 0.3) is 0 Å². The minimum atomic E-state index is -0.254. The third-order valence-corrected chi connectivity index (χ3v) is 3.11. The van der Waals surface area contributed by atoms with Crippen molar-refractivity contribution in [2.45, 2.75) is 39.3 Å². The van der Waals surface area contributed by atoms with E-state index >= 15 is 0 Å². The number of nitrogens with zero attached hydrogens (tertiary/aromatic N) is 3. The molecule has 0 aliphatic carbocycles. The second-order valence-corrected chi connectivity index (χ2v) is 5.14. The van der Waals surface area contributed by atoms with Gasteiger partial charge >= 0.3 is 0 Å². The van der Waals surface area contributed by atoms with Crippen LogP contribution in [-0.4, -0.2) is 20.9 Å². The number of nitrogens with two attached hydrogens (primary N) is 1. The predicted octanol–water partition coefficient (Wildman–Crippen LogP) is 2.21. The summed E-state index contributed by atoms with van der Waals surface area (Å²) in [6, 6.07) is 3.73. The Labute approximate surface area is 119 Å². The van der Waals surface area contributed by atoms with Crippen LogP contribution in [0.4, 0.5) is 0 Å². The van der Waals surface area contributed by atoms with Gasteiger partial charge in [-0.1, -0.05) is 6.92 Å². The van der Waals surface area contributed by atoms with Crippen LogP contribution in [0.15, 0.2) is 24.5 Å². The number of hydrogen-bond donors (Lipinski definition) is 1. The number of aromatic nitrogens is 3. The summed E-state index contributed by atoms with van der Waals surface area (Å²) in [5, 5.41) is 4.43. The zero-order valence-corrected chi connectivity index (χ0v) is 12.5. The van der Waals surface area contributed by atoms with Crippen molar-refractivity contribution < 1.29 is 4.74 Å². The first-order valence-electron chi connectivity index (χ1n) is 6.91. The summed E-state index contributed by atoms with van der Waals surface area (Å²) in [5.41, 5.74) is 9.27. The first-order valence-corrected chi connectivity index (χ1v) is 6.91. The topological polar surface area (TPSA) is 66.0 Å². The van der Waals surface area contributed by atoms with E-state index < -0.39 is 0 Å². The van der Waals surface area contributed by atoms with Gasteiger partial charge in [0.2, 0.25) is 0 Å². The van der Waals surface area contributed by atoms with Gasteiger partial charge in [-0.15, -0.1) is 0 Å². The molecule has 0 aliphatic rings. The lowest BCUT2D eigenvalue weighted by Gasteiger charge is -2.14. The van der Waals surface area contributed by atoms with Gasteiger partial charge < -0.3 is 10.5 Å². The van der Waals surface area contributed by atoms with Crippen LogP contribution >= 0.6 is 0 Å². The van der Waals surface area contributed by atoms with E-state index in [0.29, 0.717) is 0 Å². The van der Waals surface area contributed by atoms with Crippen LogP contribution in [0, 0.1) is 0 Å². The molecule has 2 rings (SSSR count). The molecule has 0 aromatic carbocycles. The summed E-state index contributed by atoms with van der Waals surface area (Å²) in [4.78, 5) is 4.21. The first-order chi connectivity index (χ1) is 9.51. The maximum absolute atomic E-state index is 6.33. The predicted molar refractivity (Wildman–Crippen MR) is 78.6 cm³/mol. The molecule has 0 bridgehead atoms. The van der Waals surface area contributed by atoms with E-state index in [-0.39, 0.29) is 12.1 Å². The van der Waals surface area contributed by atoms with Gasteiger partial charge in [0, 0.05) is 13.2 Å². The van der Waals surface area contributed by atoms with Gasteiger partial charge in [-0.25, -0.2) is 0 Å². The van der Waals surface area contributed by atoms with Crippen LogP contribution in [0.5, 0.6) is 5.75 Å². The average Bonchev–Trinajstić information content (AvgIpc) is 2.79. The molecule has 2 heterocycles. The Morgan fingerprint density at radius 1 is 1.30 bits per heavy atom. The van der Waals surface area contributed by atoms with Crippen LogP contribution in [0.1, 0.15) is 43.8 Å². The lowest BCUT2D eigenvalue weighted by molar-refractivity contribution is 0.241. The minimum absolute atomic E-state index is 0.117. The fraction of sp³-hybridized carbons (Fsp3) is 0.467.